The van der Waals surface area contributed by atoms with Gasteiger partial charge in [-0.2, -0.15) is 0 Å². The van der Waals surface area contributed by atoms with Crippen LogP contribution in [0.3, 0.4) is 0 Å². The number of aliphatic imine (C=N–C) groups is 1. The highest BCUT2D eigenvalue weighted by Crippen LogP contribution is 2.14. The molecule has 3 rings (SSSR count). The Morgan fingerprint density at radius 2 is 1.97 bits per heavy atom. The summed E-state index contributed by atoms with van der Waals surface area (Å²) in [6, 6.07) is 11.1. The van der Waals surface area contributed by atoms with Crippen molar-refractivity contribution >= 4 is 29.9 Å². The molecule has 8 heteroatoms. The second-order valence-electron chi connectivity index (χ2n) is 8.16. The predicted molar refractivity (Wildman–Crippen MR) is 138 cm³/mol. The van der Waals surface area contributed by atoms with Crippen LogP contribution in [0.5, 0.6) is 0 Å². The van der Waals surface area contributed by atoms with E-state index in [-0.39, 0.29) is 24.0 Å². The minimum Gasteiger partial charge on any atom is -0.357 e. The zero-order chi connectivity index (χ0) is 21.2. The van der Waals surface area contributed by atoms with Gasteiger partial charge in [-0.25, -0.2) is 4.99 Å². The van der Waals surface area contributed by atoms with Crippen LogP contribution >= 0.6 is 24.0 Å². The lowest BCUT2D eigenvalue weighted by Crippen LogP contribution is -2.40. The van der Waals surface area contributed by atoms with Crippen LogP contribution in [0.25, 0.3) is 0 Å². The third-order valence-corrected chi connectivity index (χ3v) is 5.79. The number of benzene rings is 1. The highest BCUT2D eigenvalue weighted by atomic mass is 127. The molecular weight excluding hydrogens is 501 g/mol. The van der Waals surface area contributed by atoms with Crippen LogP contribution < -0.4 is 10.6 Å². The summed E-state index contributed by atoms with van der Waals surface area (Å²) in [6.07, 6.45) is 5.77. The Morgan fingerprint density at radius 1 is 1.16 bits per heavy atom. The van der Waals surface area contributed by atoms with E-state index in [0.717, 1.165) is 56.6 Å². The minimum atomic E-state index is 0. The van der Waals surface area contributed by atoms with Gasteiger partial charge in [0.15, 0.2) is 11.8 Å². The first-order valence-corrected chi connectivity index (χ1v) is 11.3. The van der Waals surface area contributed by atoms with Crippen LogP contribution in [-0.4, -0.2) is 51.8 Å². The van der Waals surface area contributed by atoms with E-state index in [1.165, 1.54) is 24.8 Å². The number of guanidine groups is 1. The Kier molecular flexibility index (Phi) is 11.3. The molecule has 0 radical (unpaired) electrons. The first-order chi connectivity index (χ1) is 14.7. The number of aromatic nitrogens is 3. The number of nitrogens with one attached hydrogen (secondary N) is 2. The molecule has 2 heterocycles. The normalized spacial score (nSPS) is 15.0. The Labute approximate surface area is 204 Å². The molecule has 0 saturated carbocycles. The molecule has 7 nitrogen and oxygen atoms in total. The molecule has 2 N–H and O–H groups in total. The van der Waals surface area contributed by atoms with Crippen molar-refractivity contribution in [2.24, 2.45) is 4.99 Å². The average molecular weight is 540 g/mol. The third-order valence-electron chi connectivity index (χ3n) is 5.79. The van der Waals surface area contributed by atoms with Crippen LogP contribution in [0.1, 0.15) is 56.7 Å². The van der Waals surface area contributed by atoms with Gasteiger partial charge in [-0.15, -0.1) is 34.2 Å². The van der Waals surface area contributed by atoms with Crippen LogP contribution in [0.4, 0.5) is 0 Å². The van der Waals surface area contributed by atoms with Gasteiger partial charge in [0.25, 0.3) is 0 Å². The van der Waals surface area contributed by atoms with Crippen molar-refractivity contribution in [2.45, 2.75) is 71.6 Å². The molecule has 0 spiro atoms. The van der Waals surface area contributed by atoms with Crippen LogP contribution in [0.15, 0.2) is 35.3 Å². The lowest BCUT2D eigenvalue weighted by atomic mass is 10.1. The molecule has 0 fully saturated rings. The molecule has 172 valence electrons. The molecule has 31 heavy (non-hydrogen) atoms. The first-order valence-electron chi connectivity index (χ1n) is 11.3. The van der Waals surface area contributed by atoms with Crippen molar-refractivity contribution in [3.63, 3.8) is 0 Å². The zero-order valence-corrected chi connectivity index (χ0v) is 21.5. The Bertz CT molecular complexity index is 790. The number of nitrogens with zero attached hydrogens (tertiary/aromatic N) is 5. The molecule has 0 amide bonds. The van der Waals surface area contributed by atoms with Gasteiger partial charge >= 0.3 is 0 Å². The maximum atomic E-state index is 4.76. The fourth-order valence-electron chi connectivity index (χ4n) is 3.80. The standard InChI is InChI=1S/C23H37N7.HI/c1-4-24-23(26-17-22-28-27-21-13-9-6-10-16-30(21)22)25-15-14-19(2)29(3)18-20-11-7-5-8-12-20;/h5,7-8,11-12,19H,4,6,9-10,13-18H2,1-3H3,(H2,24,25,26);1H. The minimum absolute atomic E-state index is 0. The molecule has 2 aromatic rings. The fraction of sp³-hybridized carbons (Fsp3) is 0.609. The number of aryl methyl sites for hydroxylation is 1. The SMILES string of the molecule is CCNC(=NCc1nnc2n1CCCCC2)NCCC(C)N(C)Cc1ccccc1.I. The summed E-state index contributed by atoms with van der Waals surface area (Å²) in [6.45, 7) is 8.64. The van der Waals surface area contributed by atoms with E-state index in [1.807, 2.05) is 0 Å². The highest BCUT2D eigenvalue weighted by molar-refractivity contribution is 14.0. The van der Waals surface area contributed by atoms with Crippen LogP contribution in [-0.2, 0) is 26.1 Å². The molecule has 1 atom stereocenters. The molecule has 1 aromatic carbocycles. The predicted octanol–water partition coefficient (Wildman–Crippen LogP) is 3.59. The van der Waals surface area contributed by atoms with Crippen molar-refractivity contribution in [3.05, 3.63) is 47.5 Å². The molecule has 1 unspecified atom stereocenters. The fourth-order valence-corrected chi connectivity index (χ4v) is 3.80. The summed E-state index contributed by atoms with van der Waals surface area (Å²) in [7, 11) is 2.19. The molecule has 0 bridgehead atoms. The van der Waals surface area contributed by atoms with Gasteiger partial charge in [-0.3, -0.25) is 4.90 Å². The summed E-state index contributed by atoms with van der Waals surface area (Å²) < 4.78 is 2.26. The van der Waals surface area contributed by atoms with Crippen LogP contribution in [0.2, 0.25) is 0 Å². The lowest BCUT2D eigenvalue weighted by Gasteiger charge is -2.25. The first kappa shape index (κ1) is 25.6. The maximum absolute atomic E-state index is 4.76. The van der Waals surface area contributed by atoms with Crippen molar-refractivity contribution in [1.82, 2.24) is 30.3 Å². The topological polar surface area (TPSA) is 70.4 Å². The van der Waals surface area contributed by atoms with Crippen molar-refractivity contribution < 1.29 is 0 Å². The molecule has 1 aromatic heterocycles. The van der Waals surface area contributed by atoms with Gasteiger partial charge < -0.3 is 15.2 Å². The highest BCUT2D eigenvalue weighted by Gasteiger charge is 2.14. The number of fused-ring (bicyclic) bond motifs is 1. The number of hydrogen-bond acceptors (Lipinski definition) is 4. The quantitative estimate of drug-likeness (QED) is 0.290. The number of hydrogen-bond donors (Lipinski definition) is 2. The van der Waals surface area contributed by atoms with Gasteiger partial charge in [0.1, 0.15) is 12.4 Å². The second-order valence-corrected chi connectivity index (χ2v) is 8.16. The van der Waals surface area contributed by atoms with E-state index < -0.39 is 0 Å². The third kappa shape index (κ3) is 8.07. The van der Waals surface area contributed by atoms with Gasteiger partial charge in [0, 0.05) is 38.6 Å². The van der Waals surface area contributed by atoms with Gasteiger partial charge in [-0.1, -0.05) is 36.8 Å². The number of halogens is 1. The molecule has 1 aliphatic heterocycles. The molecule has 0 saturated heterocycles. The van der Waals surface area contributed by atoms with E-state index in [2.05, 4.69) is 81.5 Å². The summed E-state index contributed by atoms with van der Waals surface area (Å²) in [5.41, 5.74) is 1.35. The van der Waals surface area contributed by atoms with Gasteiger partial charge in [-0.05, 0) is 45.7 Å². The number of rotatable bonds is 9. The summed E-state index contributed by atoms with van der Waals surface area (Å²) in [5.74, 6) is 2.94. The van der Waals surface area contributed by atoms with E-state index in [4.69, 9.17) is 4.99 Å². The van der Waals surface area contributed by atoms with E-state index in [9.17, 15) is 0 Å². The van der Waals surface area contributed by atoms with E-state index in [0.29, 0.717) is 12.6 Å². The largest absolute Gasteiger partial charge is 0.357 e. The molecule has 0 aliphatic carbocycles. The van der Waals surface area contributed by atoms with E-state index in [1.54, 1.807) is 0 Å². The Balaban J connectivity index is 0.00000341. The van der Waals surface area contributed by atoms with Crippen molar-refractivity contribution in [2.75, 3.05) is 20.1 Å². The van der Waals surface area contributed by atoms with Crippen molar-refractivity contribution in [1.29, 1.82) is 0 Å². The van der Waals surface area contributed by atoms with E-state index >= 15 is 0 Å². The summed E-state index contributed by atoms with van der Waals surface area (Å²) >= 11 is 0. The smallest absolute Gasteiger partial charge is 0.191 e. The maximum Gasteiger partial charge on any atom is 0.191 e. The van der Waals surface area contributed by atoms with Gasteiger partial charge in [0.05, 0.1) is 0 Å². The Morgan fingerprint density at radius 3 is 2.74 bits per heavy atom. The Hall–Kier alpha value is -1.68. The monoisotopic (exact) mass is 539 g/mol. The van der Waals surface area contributed by atoms with Crippen molar-refractivity contribution in [3.8, 4) is 0 Å². The summed E-state index contributed by atoms with van der Waals surface area (Å²) in [5, 5.41) is 15.6. The summed E-state index contributed by atoms with van der Waals surface area (Å²) in [4.78, 5) is 7.16. The average Bonchev–Trinajstić information content (AvgIpc) is 2.98. The second kappa shape index (κ2) is 13.7. The lowest BCUT2D eigenvalue weighted by molar-refractivity contribution is 0.238. The zero-order valence-electron chi connectivity index (χ0n) is 19.2. The molecular formula is C23H38IN7. The van der Waals surface area contributed by atoms with Crippen LogP contribution in [0, 0.1) is 0 Å². The van der Waals surface area contributed by atoms with Gasteiger partial charge in [0.2, 0.25) is 0 Å². The molecule has 1 aliphatic rings.